The zero-order valence-corrected chi connectivity index (χ0v) is 12.7. The van der Waals surface area contributed by atoms with E-state index in [-0.39, 0.29) is 6.04 Å². The molecule has 0 saturated carbocycles. The van der Waals surface area contributed by atoms with Gasteiger partial charge in [0.25, 0.3) is 0 Å². The molecule has 0 aliphatic heterocycles. The Morgan fingerprint density at radius 3 is 2.65 bits per heavy atom. The normalized spacial score (nSPS) is 12.3. The fraction of sp³-hybridized carbons (Fsp3) is 0.389. The van der Waals surface area contributed by atoms with Gasteiger partial charge in [-0.15, -0.1) is 0 Å². The Balaban J connectivity index is 2.35. The van der Waals surface area contributed by atoms with Crippen LogP contribution in [0.2, 0.25) is 0 Å². The molecular weight excluding hydrogens is 244 g/mol. The summed E-state index contributed by atoms with van der Waals surface area (Å²) in [5.74, 6) is 0. The third kappa shape index (κ3) is 3.67. The lowest BCUT2D eigenvalue weighted by atomic mass is 9.97. The molecule has 20 heavy (non-hydrogen) atoms. The van der Waals surface area contributed by atoms with E-state index in [4.69, 9.17) is 0 Å². The Morgan fingerprint density at radius 2 is 1.95 bits per heavy atom. The van der Waals surface area contributed by atoms with Crippen molar-refractivity contribution < 1.29 is 0 Å². The van der Waals surface area contributed by atoms with Crippen molar-refractivity contribution in [3.05, 3.63) is 65.0 Å². The second-order valence-electron chi connectivity index (χ2n) is 5.28. The first-order valence-electron chi connectivity index (χ1n) is 7.48. The summed E-state index contributed by atoms with van der Waals surface area (Å²) < 4.78 is 0. The van der Waals surface area contributed by atoms with Gasteiger partial charge in [0.1, 0.15) is 0 Å². The van der Waals surface area contributed by atoms with E-state index in [2.05, 4.69) is 61.4 Å². The van der Waals surface area contributed by atoms with Gasteiger partial charge in [0.2, 0.25) is 0 Å². The molecule has 1 aromatic heterocycles. The van der Waals surface area contributed by atoms with Gasteiger partial charge in [-0.25, -0.2) is 0 Å². The number of benzene rings is 1. The third-order valence-corrected chi connectivity index (χ3v) is 3.52. The van der Waals surface area contributed by atoms with Crippen molar-refractivity contribution in [3.63, 3.8) is 0 Å². The lowest BCUT2D eigenvalue weighted by Crippen LogP contribution is -2.23. The molecule has 0 fully saturated rings. The fourth-order valence-electron chi connectivity index (χ4n) is 2.45. The predicted molar refractivity (Wildman–Crippen MR) is 84.9 cm³/mol. The van der Waals surface area contributed by atoms with E-state index in [0.29, 0.717) is 0 Å². The maximum Gasteiger partial charge on any atom is 0.0592 e. The van der Waals surface area contributed by atoms with E-state index in [0.717, 1.165) is 19.4 Å². The standard InChI is InChI=1S/C18H24N2/c1-4-9-20-18(17-10-14(3)12-19-13-17)16-8-6-7-15(5-2)11-16/h6-8,10-13,18,20H,4-5,9H2,1-3H3. The minimum absolute atomic E-state index is 0.230. The Morgan fingerprint density at radius 1 is 1.10 bits per heavy atom. The topological polar surface area (TPSA) is 24.9 Å². The molecule has 0 bridgehead atoms. The summed E-state index contributed by atoms with van der Waals surface area (Å²) in [7, 11) is 0. The lowest BCUT2D eigenvalue weighted by Gasteiger charge is -2.20. The molecule has 2 aromatic rings. The molecule has 2 heteroatoms. The number of nitrogens with one attached hydrogen (secondary N) is 1. The average molecular weight is 268 g/mol. The summed E-state index contributed by atoms with van der Waals surface area (Å²) in [4.78, 5) is 4.34. The highest BCUT2D eigenvalue weighted by molar-refractivity contribution is 5.34. The molecule has 1 aromatic carbocycles. The number of aryl methyl sites for hydroxylation is 2. The molecule has 1 unspecified atom stereocenters. The van der Waals surface area contributed by atoms with Gasteiger partial charge in [-0.1, -0.05) is 44.2 Å². The summed E-state index contributed by atoms with van der Waals surface area (Å²) in [6.45, 7) is 7.49. The highest BCUT2D eigenvalue weighted by atomic mass is 14.9. The predicted octanol–water partition coefficient (Wildman–Crippen LogP) is 4.04. The molecule has 106 valence electrons. The van der Waals surface area contributed by atoms with Crippen LogP contribution in [0.15, 0.2) is 42.7 Å². The monoisotopic (exact) mass is 268 g/mol. The van der Waals surface area contributed by atoms with Gasteiger partial charge >= 0.3 is 0 Å². The summed E-state index contributed by atoms with van der Waals surface area (Å²) >= 11 is 0. The molecule has 1 heterocycles. The zero-order chi connectivity index (χ0) is 14.4. The summed E-state index contributed by atoms with van der Waals surface area (Å²) in [6.07, 6.45) is 6.07. The van der Waals surface area contributed by atoms with Gasteiger partial charge < -0.3 is 5.32 Å². The number of aromatic nitrogens is 1. The minimum Gasteiger partial charge on any atom is -0.306 e. The Bertz CT molecular complexity index is 549. The summed E-state index contributed by atoms with van der Waals surface area (Å²) in [5.41, 5.74) is 5.15. The Kier molecular flexibility index (Phi) is 5.31. The van der Waals surface area contributed by atoms with Crippen LogP contribution < -0.4 is 5.32 Å². The van der Waals surface area contributed by atoms with Crippen molar-refractivity contribution in [2.45, 2.75) is 39.7 Å². The van der Waals surface area contributed by atoms with Crippen LogP contribution in [-0.4, -0.2) is 11.5 Å². The quantitative estimate of drug-likeness (QED) is 0.855. The first-order chi connectivity index (χ1) is 9.74. The fourth-order valence-corrected chi connectivity index (χ4v) is 2.45. The van der Waals surface area contributed by atoms with Gasteiger partial charge in [-0.3, -0.25) is 4.98 Å². The van der Waals surface area contributed by atoms with E-state index >= 15 is 0 Å². The van der Waals surface area contributed by atoms with Gasteiger partial charge in [-0.05, 0) is 48.6 Å². The van der Waals surface area contributed by atoms with E-state index in [1.165, 1.54) is 22.3 Å². The summed E-state index contributed by atoms with van der Waals surface area (Å²) in [6, 6.07) is 11.3. The van der Waals surface area contributed by atoms with Gasteiger partial charge in [-0.2, -0.15) is 0 Å². The molecule has 2 nitrogen and oxygen atoms in total. The third-order valence-electron chi connectivity index (χ3n) is 3.52. The number of hydrogen-bond acceptors (Lipinski definition) is 2. The smallest absolute Gasteiger partial charge is 0.0592 e. The van der Waals surface area contributed by atoms with E-state index in [1.807, 2.05) is 12.4 Å². The first kappa shape index (κ1) is 14.7. The molecule has 0 amide bonds. The molecule has 1 atom stereocenters. The van der Waals surface area contributed by atoms with Crippen LogP contribution in [0.5, 0.6) is 0 Å². The second kappa shape index (κ2) is 7.20. The van der Waals surface area contributed by atoms with Crippen molar-refractivity contribution in [2.75, 3.05) is 6.54 Å². The first-order valence-corrected chi connectivity index (χ1v) is 7.48. The molecule has 0 aliphatic rings. The van der Waals surface area contributed by atoms with Crippen molar-refractivity contribution >= 4 is 0 Å². The SMILES string of the molecule is CCCNC(c1cncc(C)c1)c1cccc(CC)c1. The van der Waals surface area contributed by atoms with Gasteiger partial charge in [0, 0.05) is 12.4 Å². The molecule has 0 radical (unpaired) electrons. The number of rotatable bonds is 6. The number of pyridine rings is 1. The van der Waals surface area contributed by atoms with Crippen molar-refractivity contribution in [3.8, 4) is 0 Å². The minimum atomic E-state index is 0.230. The number of nitrogens with zero attached hydrogens (tertiary/aromatic N) is 1. The van der Waals surface area contributed by atoms with E-state index < -0.39 is 0 Å². The molecular formula is C18H24N2. The van der Waals surface area contributed by atoms with Gasteiger partial charge in [0.15, 0.2) is 0 Å². The van der Waals surface area contributed by atoms with Crippen molar-refractivity contribution in [2.24, 2.45) is 0 Å². The number of hydrogen-bond donors (Lipinski definition) is 1. The largest absolute Gasteiger partial charge is 0.306 e. The van der Waals surface area contributed by atoms with E-state index in [9.17, 15) is 0 Å². The van der Waals surface area contributed by atoms with Crippen LogP contribution in [0.3, 0.4) is 0 Å². The van der Waals surface area contributed by atoms with Crippen LogP contribution in [0, 0.1) is 6.92 Å². The van der Waals surface area contributed by atoms with E-state index in [1.54, 1.807) is 0 Å². The lowest BCUT2D eigenvalue weighted by molar-refractivity contribution is 0.596. The second-order valence-corrected chi connectivity index (χ2v) is 5.28. The van der Waals surface area contributed by atoms with Crippen LogP contribution in [0.4, 0.5) is 0 Å². The Hall–Kier alpha value is -1.67. The molecule has 0 spiro atoms. The highest BCUT2D eigenvalue weighted by Crippen LogP contribution is 2.23. The maximum absolute atomic E-state index is 4.34. The van der Waals surface area contributed by atoms with Crippen LogP contribution in [-0.2, 0) is 6.42 Å². The van der Waals surface area contributed by atoms with Crippen LogP contribution >= 0.6 is 0 Å². The van der Waals surface area contributed by atoms with Crippen LogP contribution in [0.1, 0.15) is 48.6 Å². The maximum atomic E-state index is 4.34. The van der Waals surface area contributed by atoms with Crippen LogP contribution in [0.25, 0.3) is 0 Å². The molecule has 1 N–H and O–H groups in total. The highest BCUT2D eigenvalue weighted by Gasteiger charge is 2.14. The zero-order valence-electron chi connectivity index (χ0n) is 12.7. The Labute approximate surface area is 122 Å². The average Bonchev–Trinajstić information content (AvgIpc) is 2.48. The van der Waals surface area contributed by atoms with Crippen molar-refractivity contribution in [1.82, 2.24) is 10.3 Å². The summed E-state index contributed by atoms with van der Waals surface area (Å²) in [5, 5.41) is 3.64. The molecule has 0 aliphatic carbocycles. The van der Waals surface area contributed by atoms with Gasteiger partial charge in [0.05, 0.1) is 6.04 Å². The van der Waals surface area contributed by atoms with Crippen molar-refractivity contribution in [1.29, 1.82) is 0 Å². The molecule has 0 saturated heterocycles. The molecule has 2 rings (SSSR count).